The number of hydrogen-bond donors (Lipinski definition) is 2. The maximum atomic E-state index is 13.6. The number of carbonyl (C=O) groups excluding carboxylic acids is 1. The van der Waals surface area contributed by atoms with Crippen LogP contribution in [0, 0.1) is 5.82 Å². The molecule has 4 aromatic rings. The van der Waals surface area contributed by atoms with Gasteiger partial charge in [0.05, 0.1) is 5.69 Å². The third kappa shape index (κ3) is 3.82. The summed E-state index contributed by atoms with van der Waals surface area (Å²) >= 11 is 2.20. The van der Waals surface area contributed by atoms with E-state index in [0.717, 1.165) is 27.7 Å². The number of para-hydroxylation sites is 1. The van der Waals surface area contributed by atoms with Gasteiger partial charge in [-0.1, -0.05) is 23.5 Å². The van der Waals surface area contributed by atoms with Crippen molar-refractivity contribution in [1.29, 1.82) is 0 Å². The van der Waals surface area contributed by atoms with Crippen molar-refractivity contribution in [2.75, 3.05) is 10.6 Å². The van der Waals surface area contributed by atoms with E-state index in [1.807, 2.05) is 0 Å². The first-order chi connectivity index (χ1) is 14.8. The van der Waals surface area contributed by atoms with Crippen LogP contribution in [-0.4, -0.2) is 34.9 Å². The number of halogens is 1. The van der Waals surface area contributed by atoms with Crippen LogP contribution in [0.25, 0.3) is 11.2 Å². The zero-order chi connectivity index (χ0) is 22.3. The Bertz CT molecular complexity index is 1440. The highest BCUT2D eigenvalue weighted by Crippen LogP contribution is 2.32. The number of nitrogens with zero attached hydrogens (tertiary/aromatic N) is 6. The SMILES string of the molecule is Cn1c(=O)c2c(nc(Sc3nnc(NC(=O)Nc4ccccc4F)s3)n2C)n(C)c1=O. The Morgan fingerprint density at radius 2 is 1.81 bits per heavy atom. The number of fused-ring (bicyclic) bond motifs is 1. The van der Waals surface area contributed by atoms with Crippen LogP contribution in [0.5, 0.6) is 0 Å². The summed E-state index contributed by atoms with van der Waals surface area (Å²) in [6.45, 7) is 0. The van der Waals surface area contributed by atoms with E-state index in [0.29, 0.717) is 9.50 Å². The molecule has 3 heterocycles. The Labute approximate surface area is 181 Å². The average Bonchev–Trinajstić information content (AvgIpc) is 3.31. The van der Waals surface area contributed by atoms with Crippen LogP contribution in [-0.2, 0) is 21.1 Å². The Balaban J connectivity index is 1.54. The van der Waals surface area contributed by atoms with Gasteiger partial charge in [-0.3, -0.25) is 19.2 Å². The summed E-state index contributed by atoms with van der Waals surface area (Å²) in [5.41, 5.74) is -0.365. The predicted octanol–water partition coefficient (Wildman–Crippen LogP) is 1.76. The first-order valence-electron chi connectivity index (χ1n) is 8.72. The molecule has 4 rings (SSSR count). The molecule has 14 heteroatoms. The number of aryl methyl sites for hydroxylation is 2. The largest absolute Gasteiger partial charge is 0.332 e. The molecule has 0 aliphatic heterocycles. The van der Waals surface area contributed by atoms with E-state index in [4.69, 9.17) is 0 Å². The predicted molar refractivity (Wildman–Crippen MR) is 114 cm³/mol. The topological polar surface area (TPSA) is 129 Å². The van der Waals surface area contributed by atoms with Crippen LogP contribution < -0.4 is 21.9 Å². The van der Waals surface area contributed by atoms with Crippen LogP contribution in [0.2, 0.25) is 0 Å². The van der Waals surface area contributed by atoms with Gasteiger partial charge in [0.25, 0.3) is 5.56 Å². The molecule has 0 unspecified atom stereocenters. The number of imidazole rings is 1. The quantitative estimate of drug-likeness (QED) is 0.442. The fraction of sp³-hybridized carbons (Fsp3) is 0.176. The van der Waals surface area contributed by atoms with Gasteiger partial charge in [-0.15, -0.1) is 10.2 Å². The van der Waals surface area contributed by atoms with Gasteiger partial charge in [0.1, 0.15) is 5.82 Å². The summed E-state index contributed by atoms with van der Waals surface area (Å²) in [4.78, 5) is 41.0. The zero-order valence-corrected chi connectivity index (χ0v) is 18.0. The Morgan fingerprint density at radius 3 is 2.55 bits per heavy atom. The van der Waals surface area contributed by atoms with Gasteiger partial charge in [0.15, 0.2) is 20.7 Å². The summed E-state index contributed by atoms with van der Waals surface area (Å²) in [5, 5.41) is 13.4. The molecule has 0 aliphatic carbocycles. The van der Waals surface area contributed by atoms with Crippen molar-refractivity contribution in [3.63, 3.8) is 0 Å². The third-order valence-electron chi connectivity index (χ3n) is 4.36. The van der Waals surface area contributed by atoms with Crippen molar-refractivity contribution in [2.24, 2.45) is 21.1 Å². The van der Waals surface area contributed by atoms with E-state index in [2.05, 4.69) is 25.8 Å². The maximum Gasteiger partial charge on any atom is 0.332 e. The number of nitrogens with one attached hydrogen (secondary N) is 2. The van der Waals surface area contributed by atoms with Crippen molar-refractivity contribution in [3.8, 4) is 0 Å². The molecule has 3 aromatic heterocycles. The molecular formula is C17H15FN8O3S2. The van der Waals surface area contributed by atoms with Crippen LogP contribution >= 0.6 is 23.1 Å². The molecule has 0 atom stereocenters. The molecule has 11 nitrogen and oxygen atoms in total. The highest BCUT2D eigenvalue weighted by Gasteiger charge is 2.19. The molecule has 0 bridgehead atoms. The normalized spacial score (nSPS) is 11.1. The summed E-state index contributed by atoms with van der Waals surface area (Å²) < 4.78 is 18.0. The average molecular weight is 462 g/mol. The van der Waals surface area contributed by atoms with E-state index in [9.17, 15) is 18.8 Å². The lowest BCUT2D eigenvalue weighted by molar-refractivity contribution is 0.262. The monoisotopic (exact) mass is 462 g/mol. The van der Waals surface area contributed by atoms with Crippen molar-refractivity contribution < 1.29 is 9.18 Å². The van der Waals surface area contributed by atoms with E-state index >= 15 is 0 Å². The smallest absolute Gasteiger partial charge is 0.316 e. The van der Waals surface area contributed by atoms with Crippen LogP contribution in [0.4, 0.5) is 20.0 Å². The number of hydrogen-bond acceptors (Lipinski definition) is 8. The van der Waals surface area contributed by atoms with Gasteiger partial charge in [-0.2, -0.15) is 0 Å². The molecule has 1 aromatic carbocycles. The molecule has 0 aliphatic rings. The Kier molecular flexibility index (Phi) is 5.32. The third-order valence-corrected chi connectivity index (χ3v) is 6.30. The van der Waals surface area contributed by atoms with Gasteiger partial charge >= 0.3 is 11.7 Å². The lowest BCUT2D eigenvalue weighted by Crippen LogP contribution is -2.37. The number of aromatic nitrogens is 6. The number of anilines is 2. The van der Waals surface area contributed by atoms with Gasteiger partial charge < -0.3 is 9.88 Å². The molecule has 0 spiro atoms. The summed E-state index contributed by atoms with van der Waals surface area (Å²) in [6, 6.07) is 5.10. The van der Waals surface area contributed by atoms with Crippen LogP contribution in [0.1, 0.15) is 0 Å². The second kappa shape index (κ2) is 7.96. The summed E-state index contributed by atoms with van der Waals surface area (Å²) in [7, 11) is 4.59. The summed E-state index contributed by atoms with van der Waals surface area (Å²) in [5.74, 6) is -0.562. The lowest BCUT2D eigenvalue weighted by Gasteiger charge is -2.05. The number of urea groups is 1. The van der Waals surface area contributed by atoms with Crippen molar-refractivity contribution in [3.05, 3.63) is 50.9 Å². The first kappa shape index (κ1) is 20.7. The van der Waals surface area contributed by atoms with Crippen LogP contribution in [0.15, 0.2) is 43.4 Å². The molecule has 31 heavy (non-hydrogen) atoms. The maximum absolute atomic E-state index is 13.6. The number of rotatable bonds is 4. The fourth-order valence-corrected chi connectivity index (χ4v) is 4.48. The lowest BCUT2D eigenvalue weighted by atomic mass is 10.3. The molecule has 0 saturated heterocycles. The molecule has 160 valence electrons. The van der Waals surface area contributed by atoms with Gasteiger partial charge in [-0.25, -0.2) is 19.0 Å². The van der Waals surface area contributed by atoms with E-state index in [1.165, 1.54) is 36.9 Å². The van der Waals surface area contributed by atoms with Gasteiger partial charge in [0, 0.05) is 21.1 Å². The fourth-order valence-electron chi connectivity index (χ4n) is 2.78. The number of carbonyl (C=O) groups is 1. The van der Waals surface area contributed by atoms with Crippen LogP contribution in [0.3, 0.4) is 0 Å². The molecule has 0 radical (unpaired) electrons. The van der Waals surface area contributed by atoms with Gasteiger partial charge in [0.2, 0.25) is 5.13 Å². The number of amides is 2. The highest BCUT2D eigenvalue weighted by atomic mass is 32.2. The second-order valence-electron chi connectivity index (χ2n) is 6.37. The Hall–Kier alpha value is -3.52. The molecule has 0 saturated carbocycles. The molecule has 2 amide bonds. The van der Waals surface area contributed by atoms with Crippen molar-refractivity contribution >= 4 is 51.1 Å². The molecule has 2 N–H and O–H groups in total. The highest BCUT2D eigenvalue weighted by molar-refractivity contribution is 8.01. The van der Waals surface area contributed by atoms with Crippen molar-refractivity contribution in [1.82, 2.24) is 28.9 Å². The number of benzene rings is 1. The second-order valence-corrected chi connectivity index (χ2v) is 8.56. The van der Waals surface area contributed by atoms with Gasteiger partial charge in [-0.05, 0) is 23.9 Å². The first-order valence-corrected chi connectivity index (χ1v) is 10.4. The van der Waals surface area contributed by atoms with Crippen molar-refractivity contribution in [2.45, 2.75) is 9.50 Å². The minimum absolute atomic E-state index is 0.0333. The summed E-state index contributed by atoms with van der Waals surface area (Å²) in [6.07, 6.45) is 0. The minimum Gasteiger partial charge on any atom is -0.316 e. The standard InChI is InChI=1S/C17H15FN8O3S2/c1-24-10-11(25(2)17(29)26(3)12(10)27)20-15(24)31-16-23-22-14(30-16)21-13(28)19-9-7-5-4-6-8(9)18/h4-7H,1-3H3,(H2,19,21,22,28). The molecular weight excluding hydrogens is 447 g/mol. The molecule has 0 fully saturated rings. The zero-order valence-electron chi connectivity index (χ0n) is 16.4. The van der Waals surface area contributed by atoms with E-state index in [1.54, 1.807) is 17.7 Å². The van der Waals surface area contributed by atoms with E-state index < -0.39 is 23.1 Å². The van der Waals surface area contributed by atoms with E-state index in [-0.39, 0.29) is 22.0 Å². The Morgan fingerprint density at radius 1 is 1.06 bits per heavy atom. The minimum atomic E-state index is -0.668.